The van der Waals surface area contributed by atoms with Gasteiger partial charge in [0.25, 0.3) is 0 Å². The third-order valence-corrected chi connectivity index (χ3v) is 2.25. The van der Waals surface area contributed by atoms with Crippen molar-refractivity contribution in [1.82, 2.24) is 5.32 Å². The average Bonchev–Trinajstić information content (AvgIpc) is 2.63. The Kier molecular flexibility index (Phi) is 4.37. The topological polar surface area (TPSA) is 62.5 Å². The number of hydrogen-bond acceptors (Lipinski definition) is 3. The van der Waals surface area contributed by atoms with Gasteiger partial charge in [0.05, 0.1) is 6.26 Å². The summed E-state index contributed by atoms with van der Waals surface area (Å²) in [7, 11) is 0. The van der Waals surface area contributed by atoms with E-state index in [4.69, 9.17) is 9.52 Å². The Hall–Kier alpha value is -1.29. The van der Waals surface area contributed by atoms with Crippen LogP contribution in [-0.4, -0.2) is 23.7 Å². The molecule has 4 nitrogen and oxygen atoms in total. The van der Waals surface area contributed by atoms with Gasteiger partial charge in [0.1, 0.15) is 11.8 Å². The van der Waals surface area contributed by atoms with Gasteiger partial charge >= 0.3 is 5.97 Å². The molecule has 0 bridgehead atoms. The van der Waals surface area contributed by atoms with E-state index in [9.17, 15) is 4.79 Å². The fourth-order valence-electron chi connectivity index (χ4n) is 1.41. The molecule has 0 saturated heterocycles. The van der Waals surface area contributed by atoms with Gasteiger partial charge in [0.2, 0.25) is 0 Å². The molecule has 0 aliphatic rings. The molecule has 1 heterocycles. The summed E-state index contributed by atoms with van der Waals surface area (Å²) in [5.74, 6) is 0.152. The Labute approximate surface area is 89.3 Å². The predicted octanol–water partition coefficient (Wildman–Crippen LogP) is 1.52. The van der Waals surface area contributed by atoms with Crippen LogP contribution in [0.3, 0.4) is 0 Å². The normalized spacial score (nSPS) is 13.0. The van der Waals surface area contributed by atoms with E-state index in [0.29, 0.717) is 13.0 Å². The van der Waals surface area contributed by atoms with Crippen LogP contribution in [0.1, 0.15) is 19.6 Å². The summed E-state index contributed by atoms with van der Waals surface area (Å²) in [6.45, 7) is 4.39. The van der Waals surface area contributed by atoms with Crippen molar-refractivity contribution in [2.45, 2.75) is 26.3 Å². The van der Waals surface area contributed by atoms with E-state index in [-0.39, 0.29) is 5.92 Å². The highest BCUT2D eigenvalue weighted by Gasteiger charge is 2.20. The van der Waals surface area contributed by atoms with Crippen molar-refractivity contribution >= 4 is 5.97 Å². The first-order valence-electron chi connectivity index (χ1n) is 5.10. The summed E-state index contributed by atoms with van der Waals surface area (Å²) >= 11 is 0. The number of nitrogens with one attached hydrogen (secondary N) is 1. The minimum Gasteiger partial charge on any atom is -0.480 e. The van der Waals surface area contributed by atoms with Gasteiger partial charge in [-0.05, 0) is 18.1 Å². The molecule has 1 unspecified atom stereocenters. The average molecular weight is 211 g/mol. The predicted molar refractivity (Wildman–Crippen MR) is 56.7 cm³/mol. The van der Waals surface area contributed by atoms with Gasteiger partial charge in [-0.3, -0.25) is 4.79 Å². The van der Waals surface area contributed by atoms with Crippen LogP contribution in [0.4, 0.5) is 0 Å². The molecule has 0 radical (unpaired) electrons. The highest BCUT2D eigenvalue weighted by Crippen LogP contribution is 2.03. The van der Waals surface area contributed by atoms with Crippen molar-refractivity contribution in [2.75, 3.05) is 6.54 Å². The van der Waals surface area contributed by atoms with Crippen LogP contribution >= 0.6 is 0 Å². The second kappa shape index (κ2) is 5.56. The number of carbonyl (C=O) groups is 1. The van der Waals surface area contributed by atoms with Gasteiger partial charge in [0.15, 0.2) is 0 Å². The molecule has 0 aromatic carbocycles. The second-order valence-corrected chi connectivity index (χ2v) is 3.84. The zero-order valence-electron chi connectivity index (χ0n) is 9.06. The second-order valence-electron chi connectivity index (χ2n) is 3.84. The minimum absolute atomic E-state index is 0.0825. The number of carboxylic acid groups (broad SMARTS) is 1. The third kappa shape index (κ3) is 3.75. The van der Waals surface area contributed by atoms with Gasteiger partial charge in [-0.1, -0.05) is 13.8 Å². The molecule has 1 aromatic heterocycles. The van der Waals surface area contributed by atoms with Crippen molar-refractivity contribution in [3.05, 3.63) is 24.2 Å². The number of aliphatic carboxylic acids is 1. The molecule has 0 fully saturated rings. The number of hydrogen-bond donors (Lipinski definition) is 2. The molecule has 0 spiro atoms. The highest BCUT2D eigenvalue weighted by molar-refractivity contribution is 5.73. The smallest absolute Gasteiger partial charge is 0.320 e. The number of rotatable bonds is 6. The molecule has 0 aliphatic heterocycles. The Morgan fingerprint density at radius 1 is 1.60 bits per heavy atom. The van der Waals surface area contributed by atoms with Gasteiger partial charge in [-0.15, -0.1) is 0 Å². The van der Waals surface area contributed by atoms with Crippen molar-refractivity contribution in [3.8, 4) is 0 Å². The van der Waals surface area contributed by atoms with Crippen molar-refractivity contribution < 1.29 is 14.3 Å². The summed E-state index contributed by atoms with van der Waals surface area (Å²) in [5, 5.41) is 11.9. The van der Waals surface area contributed by atoms with Crippen molar-refractivity contribution in [3.63, 3.8) is 0 Å². The minimum atomic E-state index is -0.801. The van der Waals surface area contributed by atoms with Gasteiger partial charge in [-0.2, -0.15) is 0 Å². The lowest BCUT2D eigenvalue weighted by atomic mass is 10.0. The molecular formula is C11H17NO3. The monoisotopic (exact) mass is 211 g/mol. The van der Waals surface area contributed by atoms with Crippen LogP contribution in [0, 0.1) is 5.92 Å². The van der Waals surface area contributed by atoms with Crippen LogP contribution in [0.15, 0.2) is 22.8 Å². The van der Waals surface area contributed by atoms with E-state index >= 15 is 0 Å². The maximum Gasteiger partial charge on any atom is 0.320 e. The Morgan fingerprint density at radius 3 is 2.80 bits per heavy atom. The zero-order chi connectivity index (χ0) is 11.3. The molecule has 0 aliphatic carbocycles. The molecule has 2 N–H and O–H groups in total. The maximum atomic E-state index is 10.8. The summed E-state index contributed by atoms with van der Waals surface area (Å²) in [4.78, 5) is 10.8. The van der Waals surface area contributed by atoms with Crippen LogP contribution in [-0.2, 0) is 11.2 Å². The number of carboxylic acids is 1. The van der Waals surface area contributed by atoms with Crippen molar-refractivity contribution in [2.24, 2.45) is 5.92 Å². The molecule has 0 amide bonds. The molecule has 0 saturated carbocycles. The Morgan fingerprint density at radius 2 is 2.33 bits per heavy atom. The van der Waals surface area contributed by atoms with E-state index in [1.165, 1.54) is 0 Å². The molecular weight excluding hydrogens is 194 g/mol. The van der Waals surface area contributed by atoms with Crippen LogP contribution in [0.25, 0.3) is 0 Å². The van der Waals surface area contributed by atoms with Crippen LogP contribution in [0.5, 0.6) is 0 Å². The first-order valence-corrected chi connectivity index (χ1v) is 5.10. The lowest BCUT2D eigenvalue weighted by Gasteiger charge is -2.17. The molecule has 15 heavy (non-hydrogen) atoms. The quantitative estimate of drug-likeness (QED) is 0.749. The lowest BCUT2D eigenvalue weighted by molar-refractivity contribution is -0.140. The fourth-order valence-corrected chi connectivity index (χ4v) is 1.41. The van der Waals surface area contributed by atoms with E-state index in [2.05, 4.69) is 5.32 Å². The van der Waals surface area contributed by atoms with E-state index in [1.54, 1.807) is 6.26 Å². The Balaban J connectivity index is 2.31. The number of furan rings is 1. The fraction of sp³-hybridized carbons (Fsp3) is 0.545. The third-order valence-electron chi connectivity index (χ3n) is 2.25. The lowest BCUT2D eigenvalue weighted by Crippen LogP contribution is -2.41. The van der Waals surface area contributed by atoms with Crippen LogP contribution in [0.2, 0.25) is 0 Å². The Bertz CT molecular complexity index is 293. The molecule has 4 heteroatoms. The maximum absolute atomic E-state index is 10.8. The molecule has 1 atom stereocenters. The summed E-state index contributed by atoms with van der Waals surface area (Å²) in [6.07, 6.45) is 2.33. The van der Waals surface area contributed by atoms with Crippen molar-refractivity contribution in [1.29, 1.82) is 0 Å². The summed E-state index contributed by atoms with van der Waals surface area (Å²) < 4.78 is 5.15. The first-order chi connectivity index (χ1) is 7.11. The molecule has 1 rings (SSSR count). The standard InChI is InChI=1S/C11H17NO3/c1-8(2)10(11(13)14)12-6-5-9-4-3-7-15-9/h3-4,7-8,10,12H,5-6H2,1-2H3,(H,13,14). The first kappa shape index (κ1) is 11.8. The van der Waals surface area contributed by atoms with E-state index in [1.807, 2.05) is 26.0 Å². The summed E-state index contributed by atoms with van der Waals surface area (Å²) in [6, 6.07) is 3.22. The SMILES string of the molecule is CC(C)C(NCCc1ccco1)C(=O)O. The van der Waals surface area contributed by atoms with Gasteiger partial charge < -0.3 is 14.8 Å². The van der Waals surface area contributed by atoms with Crippen LogP contribution < -0.4 is 5.32 Å². The molecule has 1 aromatic rings. The van der Waals surface area contributed by atoms with E-state index in [0.717, 1.165) is 5.76 Å². The van der Waals surface area contributed by atoms with Gasteiger partial charge in [0, 0.05) is 13.0 Å². The molecule has 84 valence electrons. The van der Waals surface area contributed by atoms with E-state index < -0.39 is 12.0 Å². The zero-order valence-corrected chi connectivity index (χ0v) is 9.06. The largest absolute Gasteiger partial charge is 0.480 e. The highest BCUT2D eigenvalue weighted by atomic mass is 16.4. The van der Waals surface area contributed by atoms with Gasteiger partial charge in [-0.25, -0.2) is 0 Å². The summed E-state index contributed by atoms with van der Waals surface area (Å²) in [5.41, 5.74) is 0.